The molecule has 0 aromatic rings. The molecule has 0 amide bonds. The Labute approximate surface area is 72.8 Å². The van der Waals surface area contributed by atoms with Crippen LogP contribution in [0.5, 0.6) is 0 Å². The molecule has 0 aromatic carbocycles. The number of hydrogen-bond acceptors (Lipinski definition) is 4. The first-order valence-corrected chi connectivity index (χ1v) is 4.30. The molecule has 0 saturated heterocycles. The molecule has 1 rings (SSSR count). The maximum Gasteiger partial charge on any atom is 0.0937 e. The van der Waals surface area contributed by atoms with Crippen LogP contribution in [0.4, 0.5) is 0 Å². The second-order valence-corrected chi connectivity index (χ2v) is 3.26. The van der Waals surface area contributed by atoms with Gasteiger partial charge in [0.25, 0.3) is 0 Å². The van der Waals surface area contributed by atoms with Gasteiger partial charge < -0.3 is 15.8 Å². The maximum atomic E-state index is 9.28. The van der Waals surface area contributed by atoms with E-state index < -0.39 is 6.10 Å². The van der Waals surface area contributed by atoms with Crippen LogP contribution in [0, 0.1) is 0 Å². The molecule has 0 bridgehead atoms. The minimum absolute atomic E-state index is 0.370. The second kappa shape index (κ2) is 3.78. The van der Waals surface area contributed by atoms with Gasteiger partial charge in [-0.05, 0) is 26.2 Å². The molecule has 1 fully saturated rings. The van der Waals surface area contributed by atoms with Crippen LogP contribution in [0.1, 0.15) is 26.2 Å². The molecular weight excluding hydrogens is 154 g/mol. The first-order valence-electron chi connectivity index (χ1n) is 4.30. The van der Waals surface area contributed by atoms with Gasteiger partial charge in [0.2, 0.25) is 0 Å². The summed E-state index contributed by atoms with van der Waals surface area (Å²) >= 11 is 0. The van der Waals surface area contributed by atoms with E-state index in [0.29, 0.717) is 11.7 Å². The molecule has 0 heterocycles. The quantitative estimate of drug-likeness (QED) is 0.409. The molecule has 0 aliphatic heterocycles. The summed E-state index contributed by atoms with van der Waals surface area (Å²) in [7, 11) is 0. The summed E-state index contributed by atoms with van der Waals surface area (Å²) in [6.07, 6.45) is 4.21. The molecule has 0 aromatic heterocycles. The van der Waals surface area contributed by atoms with Crippen molar-refractivity contribution in [1.82, 2.24) is 5.01 Å². The van der Waals surface area contributed by atoms with Gasteiger partial charge in [-0.15, -0.1) is 0 Å². The van der Waals surface area contributed by atoms with Gasteiger partial charge in [0.1, 0.15) is 0 Å². The van der Waals surface area contributed by atoms with E-state index in [2.05, 4.69) is 0 Å². The summed E-state index contributed by atoms with van der Waals surface area (Å²) < 4.78 is 0. The fourth-order valence-electron chi connectivity index (χ4n) is 1.32. The SMILES string of the molecule is CC(O)/C(=C/N)N(N)C1CCC1. The Morgan fingerprint density at radius 2 is 2.25 bits per heavy atom. The average molecular weight is 171 g/mol. The van der Waals surface area contributed by atoms with E-state index in [-0.39, 0.29) is 0 Å². The van der Waals surface area contributed by atoms with Crippen molar-refractivity contribution in [3.63, 3.8) is 0 Å². The third-order valence-electron chi connectivity index (χ3n) is 2.37. The Hall–Kier alpha value is -0.740. The minimum Gasteiger partial charge on any atom is -0.403 e. The van der Waals surface area contributed by atoms with Gasteiger partial charge in [-0.3, -0.25) is 0 Å². The Morgan fingerprint density at radius 3 is 2.50 bits per heavy atom. The highest BCUT2D eigenvalue weighted by Crippen LogP contribution is 2.25. The maximum absolute atomic E-state index is 9.28. The topological polar surface area (TPSA) is 75.5 Å². The van der Waals surface area contributed by atoms with Crippen molar-refractivity contribution < 1.29 is 5.11 Å². The first-order chi connectivity index (χ1) is 5.66. The number of hydrazine groups is 1. The van der Waals surface area contributed by atoms with Gasteiger partial charge in [0.05, 0.1) is 11.8 Å². The third kappa shape index (κ3) is 1.70. The first kappa shape index (κ1) is 9.35. The Bertz CT molecular complexity index is 175. The summed E-state index contributed by atoms with van der Waals surface area (Å²) in [6, 6.07) is 0.370. The molecule has 1 saturated carbocycles. The number of aliphatic hydroxyl groups is 1. The summed E-state index contributed by atoms with van der Waals surface area (Å²) in [5, 5.41) is 10.9. The number of aliphatic hydroxyl groups excluding tert-OH is 1. The third-order valence-corrected chi connectivity index (χ3v) is 2.37. The molecule has 1 aliphatic rings. The Balaban J connectivity index is 2.53. The van der Waals surface area contributed by atoms with Crippen LogP contribution in [0.15, 0.2) is 11.9 Å². The lowest BCUT2D eigenvalue weighted by Crippen LogP contribution is -2.46. The molecule has 0 spiro atoms. The van der Waals surface area contributed by atoms with Gasteiger partial charge >= 0.3 is 0 Å². The van der Waals surface area contributed by atoms with Gasteiger partial charge in [-0.1, -0.05) is 0 Å². The molecule has 1 aliphatic carbocycles. The smallest absolute Gasteiger partial charge is 0.0937 e. The van der Waals surface area contributed by atoms with E-state index in [1.165, 1.54) is 12.6 Å². The molecule has 1 atom stereocenters. The summed E-state index contributed by atoms with van der Waals surface area (Å²) in [5.74, 6) is 5.76. The highest BCUT2D eigenvalue weighted by atomic mass is 16.3. The number of rotatable bonds is 3. The van der Waals surface area contributed by atoms with Crippen molar-refractivity contribution in [2.45, 2.75) is 38.3 Å². The van der Waals surface area contributed by atoms with Crippen molar-refractivity contribution >= 4 is 0 Å². The molecular formula is C8H17N3O. The van der Waals surface area contributed by atoms with E-state index in [4.69, 9.17) is 11.6 Å². The van der Waals surface area contributed by atoms with Gasteiger partial charge in [0, 0.05) is 12.2 Å². The lowest BCUT2D eigenvalue weighted by atomic mass is 9.92. The summed E-state index contributed by atoms with van der Waals surface area (Å²) in [6.45, 7) is 1.66. The largest absolute Gasteiger partial charge is 0.403 e. The zero-order valence-corrected chi connectivity index (χ0v) is 7.40. The normalized spacial score (nSPS) is 21.8. The van der Waals surface area contributed by atoms with Crippen molar-refractivity contribution in [2.24, 2.45) is 11.6 Å². The van der Waals surface area contributed by atoms with Gasteiger partial charge in [-0.25, -0.2) is 5.84 Å². The monoisotopic (exact) mass is 171 g/mol. The lowest BCUT2D eigenvalue weighted by molar-refractivity contribution is 0.114. The standard InChI is InChI=1S/C8H17N3O/c1-6(12)8(5-9)11(10)7-3-2-4-7/h5-7,12H,2-4,9-10H2,1H3/b8-5-. The predicted octanol–water partition coefficient (Wildman–Crippen LogP) is -0.105. The number of hydrogen-bond donors (Lipinski definition) is 3. The molecule has 0 radical (unpaired) electrons. The second-order valence-electron chi connectivity index (χ2n) is 3.26. The van der Waals surface area contributed by atoms with Crippen LogP contribution >= 0.6 is 0 Å². The molecule has 4 nitrogen and oxygen atoms in total. The molecule has 1 unspecified atom stereocenters. The lowest BCUT2D eigenvalue weighted by Gasteiger charge is -2.37. The molecule has 5 N–H and O–H groups in total. The van der Waals surface area contributed by atoms with Crippen LogP contribution < -0.4 is 11.6 Å². The summed E-state index contributed by atoms with van der Waals surface area (Å²) in [4.78, 5) is 0. The Kier molecular flexibility index (Phi) is 2.94. The molecule has 70 valence electrons. The van der Waals surface area contributed by atoms with E-state index in [1.807, 2.05) is 0 Å². The van der Waals surface area contributed by atoms with Crippen LogP contribution in [0.2, 0.25) is 0 Å². The highest BCUT2D eigenvalue weighted by molar-refractivity contribution is 5.05. The highest BCUT2D eigenvalue weighted by Gasteiger charge is 2.25. The van der Waals surface area contributed by atoms with Crippen LogP contribution in [-0.2, 0) is 0 Å². The van der Waals surface area contributed by atoms with Gasteiger partial charge in [0.15, 0.2) is 0 Å². The van der Waals surface area contributed by atoms with Crippen LogP contribution in [-0.4, -0.2) is 22.3 Å². The van der Waals surface area contributed by atoms with E-state index in [0.717, 1.165) is 12.8 Å². The minimum atomic E-state index is -0.583. The van der Waals surface area contributed by atoms with E-state index in [1.54, 1.807) is 11.9 Å². The van der Waals surface area contributed by atoms with E-state index >= 15 is 0 Å². The predicted molar refractivity (Wildman–Crippen MR) is 47.6 cm³/mol. The van der Waals surface area contributed by atoms with Crippen molar-refractivity contribution in [2.75, 3.05) is 0 Å². The number of nitrogens with two attached hydrogens (primary N) is 2. The zero-order chi connectivity index (χ0) is 9.14. The fraction of sp³-hybridized carbons (Fsp3) is 0.750. The van der Waals surface area contributed by atoms with E-state index in [9.17, 15) is 5.11 Å². The average Bonchev–Trinajstić information content (AvgIpc) is 1.83. The molecule has 4 heteroatoms. The van der Waals surface area contributed by atoms with Gasteiger partial charge in [-0.2, -0.15) is 0 Å². The summed E-state index contributed by atoms with van der Waals surface area (Å²) in [5.41, 5.74) is 5.96. The van der Waals surface area contributed by atoms with Crippen molar-refractivity contribution in [3.05, 3.63) is 11.9 Å². The van der Waals surface area contributed by atoms with Crippen LogP contribution in [0.25, 0.3) is 0 Å². The molecule has 12 heavy (non-hydrogen) atoms. The van der Waals surface area contributed by atoms with Crippen molar-refractivity contribution in [1.29, 1.82) is 0 Å². The van der Waals surface area contributed by atoms with Crippen molar-refractivity contribution in [3.8, 4) is 0 Å². The number of nitrogens with zero attached hydrogens (tertiary/aromatic N) is 1. The Morgan fingerprint density at radius 1 is 1.67 bits per heavy atom. The fourth-order valence-corrected chi connectivity index (χ4v) is 1.32. The van der Waals surface area contributed by atoms with Crippen LogP contribution in [0.3, 0.4) is 0 Å². The zero-order valence-electron chi connectivity index (χ0n) is 7.40.